The average molecular weight is 441 g/mol. The van der Waals surface area contributed by atoms with E-state index in [2.05, 4.69) is 20.4 Å². The molecule has 0 saturated carbocycles. The van der Waals surface area contributed by atoms with Gasteiger partial charge in [-0.05, 0) is 24.3 Å². The highest BCUT2D eigenvalue weighted by Gasteiger charge is 2.15. The van der Waals surface area contributed by atoms with Crippen LogP contribution in [0.4, 0.5) is 11.4 Å². The molecule has 1 N–H and O–H groups in total. The number of thioether (sulfide) groups is 1. The number of hydrogen-bond acceptors (Lipinski definition) is 7. The number of carbonyl (C=O) groups excluding carboxylic acids is 1. The van der Waals surface area contributed by atoms with Gasteiger partial charge in [0.15, 0.2) is 5.65 Å². The van der Waals surface area contributed by atoms with E-state index in [1.165, 1.54) is 36.3 Å². The van der Waals surface area contributed by atoms with Gasteiger partial charge in [-0.25, -0.2) is 14.6 Å². The lowest BCUT2D eigenvalue weighted by molar-refractivity contribution is -0.384. The van der Waals surface area contributed by atoms with E-state index < -0.39 is 4.92 Å². The fraction of sp³-hybridized carbons (Fsp3) is 0.0526. The van der Waals surface area contributed by atoms with Crippen molar-refractivity contribution in [2.24, 2.45) is 0 Å². The quantitative estimate of drug-likeness (QED) is 0.207. The molecule has 2 aromatic carbocycles. The number of fused-ring (bicyclic) bond motifs is 1. The Morgan fingerprint density at radius 1 is 1.20 bits per heavy atom. The molecular weight excluding hydrogens is 428 g/mol. The zero-order valence-electron chi connectivity index (χ0n) is 15.2. The predicted octanol–water partition coefficient (Wildman–Crippen LogP) is 4.11. The average Bonchev–Trinajstić information content (AvgIpc) is 3.19. The Kier molecular flexibility index (Phi) is 5.59. The molecule has 4 rings (SSSR count). The lowest BCUT2D eigenvalue weighted by atomic mass is 10.3. The number of rotatable bonds is 6. The second kappa shape index (κ2) is 8.47. The van der Waals surface area contributed by atoms with E-state index in [1.54, 1.807) is 10.9 Å². The summed E-state index contributed by atoms with van der Waals surface area (Å²) < 4.78 is 1.70. The van der Waals surface area contributed by atoms with Crippen molar-refractivity contribution in [1.29, 1.82) is 0 Å². The van der Waals surface area contributed by atoms with Crippen LogP contribution in [0.5, 0.6) is 0 Å². The van der Waals surface area contributed by atoms with E-state index in [0.29, 0.717) is 16.4 Å². The molecule has 1 amide bonds. The number of aromatic nitrogens is 4. The van der Waals surface area contributed by atoms with Gasteiger partial charge >= 0.3 is 0 Å². The van der Waals surface area contributed by atoms with Gasteiger partial charge in [0.25, 0.3) is 5.69 Å². The summed E-state index contributed by atoms with van der Waals surface area (Å²) in [4.78, 5) is 31.3. The third-order valence-corrected chi connectivity index (χ3v) is 5.42. The first-order valence-electron chi connectivity index (χ1n) is 8.63. The standard InChI is InChI=1S/C19H13ClN6O3S/c20-15-7-6-12(8-16(15)26(28)29)24-17(27)10-30-19-14-9-23-25(18(14)21-11-22-19)13-4-2-1-3-5-13/h1-9,11H,10H2,(H,24,27). The monoisotopic (exact) mass is 440 g/mol. The zero-order valence-corrected chi connectivity index (χ0v) is 16.8. The number of carbonyl (C=O) groups is 1. The fourth-order valence-electron chi connectivity index (χ4n) is 2.76. The molecule has 0 spiro atoms. The highest BCUT2D eigenvalue weighted by Crippen LogP contribution is 2.28. The van der Waals surface area contributed by atoms with Crippen LogP contribution >= 0.6 is 23.4 Å². The summed E-state index contributed by atoms with van der Waals surface area (Å²) in [5.74, 6) is -0.280. The number of nitro groups is 1. The van der Waals surface area contributed by atoms with Gasteiger partial charge in [0, 0.05) is 11.8 Å². The number of hydrogen-bond donors (Lipinski definition) is 1. The molecule has 0 aliphatic rings. The Bertz CT molecular complexity index is 1250. The number of nitrogens with one attached hydrogen (secondary N) is 1. The zero-order chi connectivity index (χ0) is 21.1. The second-order valence-corrected chi connectivity index (χ2v) is 7.44. The molecule has 0 unspecified atom stereocenters. The van der Waals surface area contributed by atoms with Gasteiger partial charge in [0.05, 0.1) is 27.9 Å². The summed E-state index contributed by atoms with van der Waals surface area (Å²) in [6.45, 7) is 0. The molecular formula is C19H13ClN6O3S. The van der Waals surface area contributed by atoms with Crippen molar-refractivity contribution in [3.63, 3.8) is 0 Å². The minimum Gasteiger partial charge on any atom is -0.325 e. The van der Waals surface area contributed by atoms with Crippen LogP contribution in [0.1, 0.15) is 0 Å². The van der Waals surface area contributed by atoms with Gasteiger partial charge in [0.2, 0.25) is 5.91 Å². The lowest BCUT2D eigenvalue weighted by Gasteiger charge is -2.06. The van der Waals surface area contributed by atoms with Gasteiger partial charge in [-0.3, -0.25) is 14.9 Å². The molecule has 30 heavy (non-hydrogen) atoms. The third kappa shape index (κ3) is 4.09. The topological polar surface area (TPSA) is 116 Å². The Morgan fingerprint density at radius 3 is 2.77 bits per heavy atom. The molecule has 0 radical (unpaired) electrons. The number of nitro benzene ring substituents is 1. The maximum atomic E-state index is 12.3. The van der Waals surface area contributed by atoms with E-state index in [9.17, 15) is 14.9 Å². The summed E-state index contributed by atoms with van der Waals surface area (Å²) in [6.07, 6.45) is 3.08. The van der Waals surface area contributed by atoms with E-state index in [0.717, 1.165) is 11.1 Å². The molecule has 2 heterocycles. The van der Waals surface area contributed by atoms with Gasteiger partial charge in [-0.15, -0.1) is 0 Å². The Balaban J connectivity index is 1.49. The maximum Gasteiger partial charge on any atom is 0.289 e. The molecule has 0 saturated heterocycles. The molecule has 0 aliphatic heterocycles. The largest absolute Gasteiger partial charge is 0.325 e. The SMILES string of the molecule is O=C(CSc1ncnc2c1cnn2-c1ccccc1)Nc1ccc(Cl)c([N+](=O)[O-])c1. The van der Waals surface area contributed by atoms with E-state index in [-0.39, 0.29) is 22.4 Å². The van der Waals surface area contributed by atoms with Crippen LogP contribution in [0.2, 0.25) is 5.02 Å². The highest BCUT2D eigenvalue weighted by atomic mass is 35.5. The number of para-hydroxylation sites is 1. The Labute approximate surface area is 179 Å². The summed E-state index contributed by atoms with van der Waals surface area (Å²) in [6, 6.07) is 13.7. The van der Waals surface area contributed by atoms with Crippen LogP contribution < -0.4 is 5.32 Å². The number of amides is 1. The van der Waals surface area contributed by atoms with Crippen LogP contribution in [-0.2, 0) is 4.79 Å². The van der Waals surface area contributed by atoms with Crippen molar-refractivity contribution in [2.75, 3.05) is 11.1 Å². The highest BCUT2D eigenvalue weighted by molar-refractivity contribution is 8.00. The molecule has 11 heteroatoms. The normalized spacial score (nSPS) is 10.8. The molecule has 0 bridgehead atoms. The first kappa shape index (κ1) is 19.8. The number of anilines is 1. The lowest BCUT2D eigenvalue weighted by Crippen LogP contribution is -2.14. The van der Waals surface area contributed by atoms with Gasteiger partial charge < -0.3 is 5.32 Å². The minimum absolute atomic E-state index is 0.00572. The summed E-state index contributed by atoms with van der Waals surface area (Å²) in [5, 5.41) is 19.3. The van der Waals surface area contributed by atoms with Crippen molar-refractivity contribution in [3.05, 3.63) is 76.2 Å². The predicted molar refractivity (Wildman–Crippen MR) is 114 cm³/mol. The molecule has 150 valence electrons. The van der Waals surface area contributed by atoms with Gasteiger partial charge in [-0.2, -0.15) is 5.10 Å². The van der Waals surface area contributed by atoms with E-state index in [1.807, 2.05) is 30.3 Å². The summed E-state index contributed by atoms with van der Waals surface area (Å²) >= 11 is 7.01. The second-order valence-electron chi connectivity index (χ2n) is 6.07. The van der Waals surface area contributed by atoms with Crippen LogP contribution in [0.15, 0.2) is 66.1 Å². The first-order valence-corrected chi connectivity index (χ1v) is 10.00. The number of nitrogens with zero attached hydrogens (tertiary/aromatic N) is 5. The van der Waals surface area contributed by atoms with Crippen molar-refractivity contribution >= 4 is 51.7 Å². The van der Waals surface area contributed by atoms with Gasteiger partial charge in [-0.1, -0.05) is 41.6 Å². The van der Waals surface area contributed by atoms with E-state index in [4.69, 9.17) is 11.6 Å². The van der Waals surface area contributed by atoms with Crippen LogP contribution in [0.25, 0.3) is 16.7 Å². The van der Waals surface area contributed by atoms with Gasteiger partial charge in [0.1, 0.15) is 16.4 Å². The molecule has 4 aromatic rings. The maximum absolute atomic E-state index is 12.3. The Hall–Kier alpha value is -3.50. The van der Waals surface area contributed by atoms with Crippen molar-refractivity contribution < 1.29 is 9.72 Å². The molecule has 9 nitrogen and oxygen atoms in total. The minimum atomic E-state index is -0.602. The first-order chi connectivity index (χ1) is 14.5. The number of halogens is 1. The summed E-state index contributed by atoms with van der Waals surface area (Å²) in [7, 11) is 0. The molecule has 0 fully saturated rings. The van der Waals surface area contributed by atoms with Crippen LogP contribution in [0, 0.1) is 10.1 Å². The van der Waals surface area contributed by atoms with Crippen molar-refractivity contribution in [3.8, 4) is 5.69 Å². The molecule has 0 aliphatic carbocycles. The summed E-state index contributed by atoms with van der Waals surface area (Å²) in [5.41, 5.74) is 1.52. The van der Waals surface area contributed by atoms with Crippen LogP contribution in [-0.4, -0.2) is 36.3 Å². The molecule has 0 atom stereocenters. The third-order valence-electron chi connectivity index (χ3n) is 4.10. The Morgan fingerprint density at radius 2 is 2.00 bits per heavy atom. The smallest absolute Gasteiger partial charge is 0.289 e. The van der Waals surface area contributed by atoms with E-state index >= 15 is 0 Å². The number of benzene rings is 2. The van der Waals surface area contributed by atoms with Crippen LogP contribution in [0.3, 0.4) is 0 Å². The fourth-order valence-corrected chi connectivity index (χ4v) is 3.70. The van der Waals surface area contributed by atoms with Crippen molar-refractivity contribution in [2.45, 2.75) is 5.03 Å². The molecule has 2 aromatic heterocycles. The van der Waals surface area contributed by atoms with Crippen molar-refractivity contribution in [1.82, 2.24) is 19.7 Å².